The van der Waals surface area contributed by atoms with Crippen LogP contribution in [0.3, 0.4) is 0 Å². The van der Waals surface area contributed by atoms with Crippen molar-refractivity contribution in [2.24, 2.45) is 11.8 Å². The highest BCUT2D eigenvalue weighted by Gasteiger charge is 2.28. The Morgan fingerprint density at radius 2 is 2.00 bits per heavy atom. The van der Waals surface area contributed by atoms with E-state index in [0.29, 0.717) is 12.0 Å². The van der Waals surface area contributed by atoms with Gasteiger partial charge in [-0.05, 0) is 51.1 Å². The minimum atomic E-state index is -0.181. The van der Waals surface area contributed by atoms with Crippen molar-refractivity contribution >= 4 is 0 Å². The lowest BCUT2D eigenvalue weighted by atomic mass is 9.90. The number of hydrogen-bond donors (Lipinski definition) is 2. The summed E-state index contributed by atoms with van der Waals surface area (Å²) >= 11 is 0. The largest absolute Gasteiger partial charge is 0.393 e. The van der Waals surface area contributed by atoms with Gasteiger partial charge in [-0.15, -0.1) is 0 Å². The molecule has 108 valence electrons. The highest BCUT2D eigenvalue weighted by atomic mass is 16.3. The van der Waals surface area contributed by atoms with Gasteiger partial charge in [0.05, 0.1) is 6.10 Å². The molecule has 18 heavy (non-hydrogen) atoms. The molecule has 0 amide bonds. The monoisotopic (exact) mass is 256 g/mol. The number of nitrogens with one attached hydrogen (secondary N) is 1. The van der Waals surface area contributed by atoms with Crippen molar-refractivity contribution in [2.75, 3.05) is 26.2 Å². The Kier molecular flexibility index (Phi) is 7.20. The first-order chi connectivity index (χ1) is 8.52. The Balaban J connectivity index is 2.40. The van der Waals surface area contributed by atoms with E-state index in [2.05, 4.69) is 31.0 Å². The summed E-state index contributed by atoms with van der Waals surface area (Å²) in [5.41, 5.74) is 0. The molecule has 1 rings (SSSR count). The van der Waals surface area contributed by atoms with Gasteiger partial charge in [0.15, 0.2) is 0 Å². The van der Waals surface area contributed by atoms with Crippen LogP contribution in [0, 0.1) is 11.8 Å². The second-order valence-corrected chi connectivity index (χ2v) is 6.33. The number of aliphatic hydroxyl groups excluding tert-OH is 1. The zero-order valence-electron chi connectivity index (χ0n) is 12.7. The zero-order valence-corrected chi connectivity index (χ0v) is 12.7. The molecule has 0 bridgehead atoms. The van der Waals surface area contributed by atoms with Crippen molar-refractivity contribution in [1.29, 1.82) is 0 Å². The van der Waals surface area contributed by atoms with Crippen LogP contribution in [0.2, 0.25) is 0 Å². The minimum absolute atomic E-state index is 0.181. The minimum Gasteiger partial charge on any atom is -0.393 e. The molecule has 3 nitrogen and oxygen atoms in total. The molecule has 0 aromatic rings. The fourth-order valence-corrected chi connectivity index (χ4v) is 2.80. The summed E-state index contributed by atoms with van der Waals surface area (Å²) in [7, 11) is 0. The van der Waals surface area contributed by atoms with Crippen molar-refractivity contribution in [3.8, 4) is 0 Å². The van der Waals surface area contributed by atoms with Crippen molar-refractivity contribution in [2.45, 2.75) is 59.1 Å². The summed E-state index contributed by atoms with van der Waals surface area (Å²) in [6.45, 7) is 13.2. The van der Waals surface area contributed by atoms with E-state index in [1.807, 2.05) is 6.92 Å². The first kappa shape index (κ1) is 15.9. The predicted octanol–water partition coefficient (Wildman–Crippen LogP) is 2.10. The van der Waals surface area contributed by atoms with Gasteiger partial charge in [0.25, 0.3) is 0 Å². The van der Waals surface area contributed by atoms with Crippen molar-refractivity contribution in [3.05, 3.63) is 0 Å². The van der Waals surface area contributed by atoms with Gasteiger partial charge in [-0.3, -0.25) is 0 Å². The SMILES string of the molecule is CCCN1CC(NCCC(C)C)CC(C(C)O)C1. The molecule has 1 aliphatic heterocycles. The fourth-order valence-electron chi connectivity index (χ4n) is 2.80. The van der Waals surface area contributed by atoms with Crippen molar-refractivity contribution < 1.29 is 5.11 Å². The molecule has 3 unspecified atom stereocenters. The average molecular weight is 256 g/mol. The molecule has 2 N–H and O–H groups in total. The molecule has 0 aliphatic carbocycles. The summed E-state index contributed by atoms with van der Waals surface area (Å²) in [6, 6.07) is 0.559. The smallest absolute Gasteiger partial charge is 0.0553 e. The van der Waals surface area contributed by atoms with E-state index in [9.17, 15) is 5.11 Å². The lowest BCUT2D eigenvalue weighted by Gasteiger charge is -2.39. The predicted molar refractivity (Wildman–Crippen MR) is 77.8 cm³/mol. The molecule has 0 spiro atoms. The van der Waals surface area contributed by atoms with E-state index in [0.717, 1.165) is 38.5 Å². The Morgan fingerprint density at radius 3 is 2.56 bits per heavy atom. The molecule has 1 heterocycles. The summed E-state index contributed by atoms with van der Waals surface area (Å²) in [5.74, 6) is 1.20. The molecule has 3 heteroatoms. The molecule has 0 aromatic carbocycles. The van der Waals surface area contributed by atoms with Gasteiger partial charge in [0.2, 0.25) is 0 Å². The number of piperidine rings is 1. The summed E-state index contributed by atoms with van der Waals surface area (Å²) in [5, 5.41) is 13.5. The normalized spacial score (nSPS) is 27.7. The van der Waals surface area contributed by atoms with E-state index < -0.39 is 0 Å². The molecule has 0 aromatic heterocycles. The highest BCUT2D eigenvalue weighted by molar-refractivity contribution is 4.85. The van der Waals surface area contributed by atoms with E-state index >= 15 is 0 Å². The molecule has 1 aliphatic rings. The molecule has 1 saturated heterocycles. The van der Waals surface area contributed by atoms with Crippen molar-refractivity contribution in [3.63, 3.8) is 0 Å². The quantitative estimate of drug-likeness (QED) is 0.732. The van der Waals surface area contributed by atoms with Gasteiger partial charge in [0.1, 0.15) is 0 Å². The lowest BCUT2D eigenvalue weighted by molar-refractivity contribution is 0.0480. The van der Waals surface area contributed by atoms with Crippen LogP contribution in [-0.2, 0) is 0 Å². The Bertz CT molecular complexity index is 219. The highest BCUT2D eigenvalue weighted by Crippen LogP contribution is 2.20. The van der Waals surface area contributed by atoms with E-state index in [4.69, 9.17) is 0 Å². The van der Waals surface area contributed by atoms with Crippen LogP contribution in [-0.4, -0.2) is 48.3 Å². The molecule has 3 atom stereocenters. The van der Waals surface area contributed by atoms with Crippen LogP contribution >= 0.6 is 0 Å². The molecule has 0 saturated carbocycles. The summed E-state index contributed by atoms with van der Waals surface area (Å²) < 4.78 is 0. The maximum Gasteiger partial charge on any atom is 0.0553 e. The first-order valence-electron chi connectivity index (χ1n) is 7.66. The summed E-state index contributed by atoms with van der Waals surface area (Å²) in [6.07, 6.45) is 3.38. The lowest BCUT2D eigenvalue weighted by Crippen LogP contribution is -2.51. The Hall–Kier alpha value is -0.120. The Morgan fingerprint density at radius 1 is 1.28 bits per heavy atom. The van der Waals surface area contributed by atoms with Crippen LogP contribution in [0.5, 0.6) is 0 Å². The molecule has 1 fully saturated rings. The van der Waals surface area contributed by atoms with Gasteiger partial charge in [-0.1, -0.05) is 20.8 Å². The Labute approximate surface area is 113 Å². The van der Waals surface area contributed by atoms with E-state index in [1.54, 1.807) is 0 Å². The van der Waals surface area contributed by atoms with Crippen molar-refractivity contribution in [1.82, 2.24) is 10.2 Å². The van der Waals surface area contributed by atoms with Crippen LogP contribution in [0.15, 0.2) is 0 Å². The van der Waals surface area contributed by atoms with E-state index in [-0.39, 0.29) is 6.10 Å². The van der Waals surface area contributed by atoms with Gasteiger partial charge >= 0.3 is 0 Å². The number of hydrogen-bond acceptors (Lipinski definition) is 3. The number of nitrogens with zero attached hydrogens (tertiary/aromatic N) is 1. The average Bonchev–Trinajstić information content (AvgIpc) is 2.28. The third kappa shape index (κ3) is 5.68. The third-order valence-corrected chi connectivity index (χ3v) is 3.94. The second-order valence-electron chi connectivity index (χ2n) is 6.33. The van der Waals surface area contributed by atoms with Gasteiger partial charge < -0.3 is 15.3 Å². The number of aliphatic hydroxyl groups is 1. The number of rotatable bonds is 7. The number of likely N-dealkylation sites (tertiary alicyclic amines) is 1. The van der Waals surface area contributed by atoms with Crippen LogP contribution in [0.25, 0.3) is 0 Å². The zero-order chi connectivity index (χ0) is 13.5. The third-order valence-electron chi connectivity index (χ3n) is 3.94. The molecular weight excluding hydrogens is 224 g/mol. The standard InChI is InChI=1S/C15H32N2O/c1-5-8-17-10-14(13(4)18)9-15(11-17)16-7-6-12(2)3/h12-16,18H,5-11H2,1-4H3. The van der Waals surface area contributed by atoms with Gasteiger partial charge in [-0.25, -0.2) is 0 Å². The fraction of sp³-hybridized carbons (Fsp3) is 1.00. The molecule has 0 radical (unpaired) electrons. The topological polar surface area (TPSA) is 35.5 Å². The first-order valence-corrected chi connectivity index (χ1v) is 7.66. The second kappa shape index (κ2) is 8.13. The van der Waals surface area contributed by atoms with E-state index in [1.165, 1.54) is 12.8 Å². The maximum absolute atomic E-state index is 9.84. The molecular formula is C15H32N2O. The maximum atomic E-state index is 9.84. The summed E-state index contributed by atoms with van der Waals surface area (Å²) in [4.78, 5) is 2.51. The van der Waals surface area contributed by atoms with Gasteiger partial charge in [-0.2, -0.15) is 0 Å². The van der Waals surface area contributed by atoms with Crippen LogP contribution in [0.4, 0.5) is 0 Å². The van der Waals surface area contributed by atoms with Gasteiger partial charge in [0, 0.05) is 19.1 Å². The van der Waals surface area contributed by atoms with Crippen LogP contribution < -0.4 is 5.32 Å². The van der Waals surface area contributed by atoms with Crippen LogP contribution in [0.1, 0.15) is 47.0 Å².